The van der Waals surface area contributed by atoms with E-state index in [9.17, 15) is 0 Å². The Balaban J connectivity index is 1.82. The molecule has 0 bridgehead atoms. The molecule has 3 nitrogen and oxygen atoms in total. The van der Waals surface area contributed by atoms with Crippen LogP contribution in [0.3, 0.4) is 0 Å². The van der Waals surface area contributed by atoms with Gasteiger partial charge in [-0.15, -0.1) is 0 Å². The summed E-state index contributed by atoms with van der Waals surface area (Å²) in [5.74, 6) is 0.762. The smallest absolute Gasteiger partial charge is 0.157 e. The van der Waals surface area contributed by atoms with Crippen molar-refractivity contribution in [2.75, 3.05) is 13.2 Å². The molecule has 2 heterocycles. The van der Waals surface area contributed by atoms with E-state index in [0.29, 0.717) is 11.3 Å². The van der Waals surface area contributed by atoms with E-state index in [1.807, 2.05) is 11.8 Å². The van der Waals surface area contributed by atoms with Gasteiger partial charge < -0.3 is 10.1 Å². The van der Waals surface area contributed by atoms with Crippen LogP contribution in [0.4, 0.5) is 0 Å². The van der Waals surface area contributed by atoms with Crippen LogP contribution in [0.1, 0.15) is 59.8 Å². The van der Waals surface area contributed by atoms with Crippen LogP contribution in [0.25, 0.3) is 0 Å². The third-order valence-electron chi connectivity index (χ3n) is 4.56. The molecule has 2 atom stereocenters. The Bertz CT molecular complexity index is 339. The van der Waals surface area contributed by atoms with Gasteiger partial charge in [-0.2, -0.15) is 0 Å². The lowest BCUT2D eigenvalue weighted by Gasteiger charge is -2.40. The minimum atomic E-state index is 0.0943. The number of nitrogens with one attached hydrogen (secondary N) is 1. The average molecular weight is 298 g/mol. The molecule has 2 unspecified atom stereocenters. The van der Waals surface area contributed by atoms with Gasteiger partial charge in [-0.05, 0) is 38.0 Å². The van der Waals surface area contributed by atoms with Crippen molar-refractivity contribution in [3.05, 3.63) is 0 Å². The van der Waals surface area contributed by atoms with Gasteiger partial charge in [-0.1, -0.05) is 39.5 Å². The molecule has 1 saturated heterocycles. The molecule has 0 saturated carbocycles. The maximum atomic E-state index is 6.05. The largest absolute Gasteiger partial charge is 0.375 e. The number of ether oxygens (including phenoxy) is 1. The van der Waals surface area contributed by atoms with Gasteiger partial charge in [-0.3, -0.25) is 4.99 Å². The van der Waals surface area contributed by atoms with Crippen molar-refractivity contribution in [3.63, 3.8) is 0 Å². The molecule has 0 radical (unpaired) electrons. The number of thioether (sulfide) groups is 1. The maximum absolute atomic E-state index is 6.05. The van der Waals surface area contributed by atoms with Crippen LogP contribution in [0.2, 0.25) is 0 Å². The lowest BCUT2D eigenvalue weighted by Crippen LogP contribution is -2.47. The van der Waals surface area contributed by atoms with Crippen molar-refractivity contribution in [3.8, 4) is 0 Å². The second kappa shape index (κ2) is 7.17. The molecule has 0 aromatic rings. The topological polar surface area (TPSA) is 33.6 Å². The van der Waals surface area contributed by atoms with Crippen LogP contribution in [0, 0.1) is 5.92 Å². The van der Waals surface area contributed by atoms with E-state index >= 15 is 0 Å². The summed E-state index contributed by atoms with van der Waals surface area (Å²) in [6.07, 6.45) is 5.71. The molecule has 20 heavy (non-hydrogen) atoms. The highest BCUT2D eigenvalue weighted by atomic mass is 32.2. The van der Waals surface area contributed by atoms with Crippen LogP contribution in [-0.4, -0.2) is 35.2 Å². The third kappa shape index (κ3) is 4.14. The minimum Gasteiger partial charge on any atom is -0.375 e. The fraction of sp³-hybridized carbons (Fsp3) is 0.938. The van der Waals surface area contributed by atoms with Crippen molar-refractivity contribution < 1.29 is 4.74 Å². The Hall–Kier alpha value is -0.220. The lowest BCUT2D eigenvalue weighted by molar-refractivity contribution is -0.0909. The highest BCUT2D eigenvalue weighted by molar-refractivity contribution is 8.14. The molecular formula is C16H30N2OS. The number of hydrogen-bond acceptors (Lipinski definition) is 4. The van der Waals surface area contributed by atoms with E-state index in [1.165, 1.54) is 11.6 Å². The van der Waals surface area contributed by atoms with Crippen LogP contribution in [0.5, 0.6) is 0 Å². The molecule has 2 aliphatic heterocycles. The Morgan fingerprint density at radius 2 is 2.15 bits per heavy atom. The number of nitrogens with zero attached hydrogens (tertiary/aromatic N) is 1. The molecule has 0 aliphatic carbocycles. The number of aliphatic imine (C=N–C) groups is 1. The van der Waals surface area contributed by atoms with E-state index in [0.717, 1.165) is 44.8 Å². The third-order valence-corrected chi connectivity index (χ3v) is 5.71. The summed E-state index contributed by atoms with van der Waals surface area (Å²) >= 11 is 1.95. The first-order valence-corrected chi connectivity index (χ1v) is 9.06. The summed E-state index contributed by atoms with van der Waals surface area (Å²) < 4.78 is 6.05. The molecule has 0 spiro atoms. The van der Waals surface area contributed by atoms with E-state index in [-0.39, 0.29) is 5.60 Å². The second-order valence-electron chi connectivity index (χ2n) is 6.59. The Morgan fingerprint density at radius 3 is 2.80 bits per heavy atom. The van der Waals surface area contributed by atoms with E-state index in [2.05, 4.69) is 33.0 Å². The fourth-order valence-electron chi connectivity index (χ4n) is 3.21. The molecule has 116 valence electrons. The first-order chi connectivity index (χ1) is 9.57. The normalized spacial score (nSPS) is 29.6. The van der Waals surface area contributed by atoms with Gasteiger partial charge >= 0.3 is 0 Å². The summed E-state index contributed by atoms with van der Waals surface area (Å²) in [6, 6.07) is 0.535. The minimum absolute atomic E-state index is 0.0943. The summed E-state index contributed by atoms with van der Waals surface area (Å²) in [5, 5.41) is 5.53. The van der Waals surface area contributed by atoms with Crippen LogP contribution in [-0.2, 0) is 4.74 Å². The van der Waals surface area contributed by atoms with E-state index in [4.69, 9.17) is 9.73 Å². The molecule has 4 heteroatoms. The van der Waals surface area contributed by atoms with E-state index in [1.54, 1.807) is 0 Å². The van der Waals surface area contributed by atoms with Gasteiger partial charge in [0.15, 0.2) is 5.17 Å². The summed E-state index contributed by atoms with van der Waals surface area (Å²) in [7, 11) is 0. The molecule has 1 N–H and O–H groups in total. The average Bonchev–Trinajstić information content (AvgIpc) is 2.85. The summed E-state index contributed by atoms with van der Waals surface area (Å²) in [6.45, 7) is 10.9. The van der Waals surface area contributed by atoms with Gasteiger partial charge in [0.25, 0.3) is 0 Å². The zero-order chi connectivity index (χ0) is 14.6. The van der Waals surface area contributed by atoms with Crippen LogP contribution >= 0.6 is 11.8 Å². The Labute approximate surface area is 128 Å². The number of rotatable bonds is 5. The van der Waals surface area contributed by atoms with Crippen LogP contribution < -0.4 is 5.32 Å². The highest BCUT2D eigenvalue weighted by Gasteiger charge is 2.35. The molecule has 0 aromatic heterocycles. The Morgan fingerprint density at radius 1 is 1.40 bits per heavy atom. The predicted molar refractivity (Wildman–Crippen MR) is 88.6 cm³/mol. The van der Waals surface area contributed by atoms with Crippen molar-refractivity contribution >= 4 is 16.9 Å². The predicted octanol–water partition coefficient (Wildman–Crippen LogP) is 3.83. The molecule has 0 amide bonds. The van der Waals surface area contributed by atoms with Crippen molar-refractivity contribution in [1.82, 2.24) is 5.32 Å². The van der Waals surface area contributed by atoms with Crippen molar-refractivity contribution in [1.29, 1.82) is 0 Å². The maximum Gasteiger partial charge on any atom is 0.157 e. The Kier molecular flexibility index (Phi) is 5.79. The summed E-state index contributed by atoms with van der Waals surface area (Å²) in [4.78, 5) is 4.69. The molecule has 2 rings (SSSR count). The van der Waals surface area contributed by atoms with Gasteiger partial charge in [0.05, 0.1) is 12.1 Å². The monoisotopic (exact) mass is 298 g/mol. The van der Waals surface area contributed by atoms with Crippen molar-refractivity contribution in [2.24, 2.45) is 10.9 Å². The van der Waals surface area contributed by atoms with Gasteiger partial charge in [0, 0.05) is 17.9 Å². The van der Waals surface area contributed by atoms with Crippen LogP contribution in [0.15, 0.2) is 4.99 Å². The van der Waals surface area contributed by atoms with Crippen molar-refractivity contribution in [2.45, 2.75) is 76.7 Å². The molecule has 2 aliphatic rings. The molecular weight excluding hydrogens is 268 g/mol. The number of amidine groups is 1. The standard InChI is InChI=1S/C16H30N2OS/c1-5-16(6-2)10-13(7-8-19-16)18-15-17-11-14(20-15)9-12(3)4/h12-14H,5-11H2,1-4H3,(H,17,18). The van der Waals surface area contributed by atoms with Gasteiger partial charge in [0.2, 0.25) is 0 Å². The SMILES string of the molecule is CCC1(CC)CC(NC2=NCC(CC(C)C)S2)CCO1. The lowest BCUT2D eigenvalue weighted by atomic mass is 9.86. The summed E-state index contributed by atoms with van der Waals surface area (Å²) in [5.41, 5.74) is 0.0943. The zero-order valence-electron chi connectivity index (χ0n) is 13.4. The first-order valence-electron chi connectivity index (χ1n) is 8.18. The van der Waals surface area contributed by atoms with Gasteiger partial charge in [0.1, 0.15) is 0 Å². The molecule has 1 fully saturated rings. The second-order valence-corrected chi connectivity index (χ2v) is 7.88. The number of hydrogen-bond donors (Lipinski definition) is 1. The van der Waals surface area contributed by atoms with E-state index < -0.39 is 0 Å². The zero-order valence-corrected chi connectivity index (χ0v) is 14.3. The first kappa shape index (κ1) is 16.2. The van der Waals surface area contributed by atoms with Gasteiger partial charge in [-0.25, -0.2) is 0 Å². The highest BCUT2D eigenvalue weighted by Crippen LogP contribution is 2.32. The molecule has 0 aromatic carbocycles. The fourth-order valence-corrected chi connectivity index (χ4v) is 4.54. The quantitative estimate of drug-likeness (QED) is 0.837.